The topological polar surface area (TPSA) is 159 Å². The molecule has 0 aliphatic carbocycles. The van der Waals surface area contributed by atoms with Gasteiger partial charge in [-0.05, 0) is 24.6 Å². The lowest BCUT2D eigenvalue weighted by Gasteiger charge is -2.00. The smallest absolute Gasteiger partial charge is 0.413 e. The summed E-state index contributed by atoms with van der Waals surface area (Å²) in [5.74, 6) is -1.70. The first-order valence-corrected chi connectivity index (χ1v) is 9.18. The quantitative estimate of drug-likeness (QED) is 0.418. The van der Waals surface area contributed by atoms with E-state index in [1.54, 1.807) is 30.3 Å². The summed E-state index contributed by atoms with van der Waals surface area (Å²) in [4.78, 5) is 50.3. The summed E-state index contributed by atoms with van der Waals surface area (Å²) < 4.78 is 4.51. The van der Waals surface area contributed by atoms with Crippen LogP contribution in [-0.2, 0) is 14.3 Å². The van der Waals surface area contributed by atoms with E-state index < -0.39 is 18.0 Å². The number of hydrogen-bond donors (Lipinski definition) is 4. The Labute approximate surface area is 176 Å². The molecule has 1 heterocycles. The molecule has 0 bridgehead atoms. The zero-order valence-electron chi connectivity index (χ0n) is 16.6. The van der Waals surface area contributed by atoms with Crippen LogP contribution >= 0.6 is 0 Å². The highest BCUT2D eigenvalue weighted by Gasteiger charge is 2.12. The van der Waals surface area contributed by atoms with Crippen molar-refractivity contribution in [3.63, 3.8) is 0 Å². The van der Waals surface area contributed by atoms with Gasteiger partial charge in [0.2, 0.25) is 5.95 Å². The average molecular weight is 427 g/mol. The molecule has 1 aromatic heterocycles. The summed E-state index contributed by atoms with van der Waals surface area (Å²) in [7, 11) is 1.27. The molecule has 0 radical (unpaired) electrons. The van der Waals surface area contributed by atoms with E-state index in [2.05, 4.69) is 20.0 Å². The molecule has 3 aromatic rings. The fourth-order valence-corrected chi connectivity index (χ4v) is 2.50. The number of ether oxygens (including phenoxy) is 1. The fourth-order valence-electron chi connectivity index (χ4n) is 2.50. The van der Waals surface area contributed by atoms with E-state index in [4.69, 9.17) is 10.2 Å². The van der Waals surface area contributed by atoms with E-state index in [9.17, 15) is 19.2 Å². The molecule has 0 saturated carbocycles. The number of rotatable bonds is 7. The summed E-state index contributed by atoms with van der Waals surface area (Å²) in [5.41, 5.74) is 2.48. The Morgan fingerprint density at radius 3 is 2.19 bits per heavy atom. The van der Waals surface area contributed by atoms with Crippen LogP contribution in [0.3, 0.4) is 0 Å². The Kier molecular flexibility index (Phi) is 8.26. The lowest BCUT2D eigenvalue weighted by Crippen LogP contribution is -2.11. The highest BCUT2D eigenvalue weighted by atomic mass is 16.5. The van der Waals surface area contributed by atoms with E-state index in [0.717, 1.165) is 0 Å². The highest BCUT2D eigenvalue weighted by Crippen LogP contribution is 2.18. The number of aromatic amines is 1. The van der Waals surface area contributed by atoms with Gasteiger partial charge >= 0.3 is 18.0 Å². The van der Waals surface area contributed by atoms with Gasteiger partial charge in [0.25, 0.3) is 0 Å². The SMILES string of the molecule is COC(=O)Nc1nc2ccc(C(=O)c3ccccc3)cc2[nH]1.O=C(O)CCCC(=O)O. The lowest BCUT2D eigenvalue weighted by molar-refractivity contribution is -0.138. The third-order valence-electron chi connectivity index (χ3n) is 3.97. The van der Waals surface area contributed by atoms with Crippen LogP contribution in [0.5, 0.6) is 0 Å². The predicted molar refractivity (Wildman–Crippen MR) is 111 cm³/mol. The molecule has 162 valence electrons. The minimum absolute atomic E-state index is 0.0632. The molecule has 0 atom stereocenters. The van der Waals surface area contributed by atoms with Crippen LogP contribution < -0.4 is 5.32 Å². The zero-order chi connectivity index (χ0) is 22.8. The van der Waals surface area contributed by atoms with Crippen LogP contribution in [-0.4, -0.2) is 51.1 Å². The highest BCUT2D eigenvalue weighted by molar-refractivity contribution is 6.10. The van der Waals surface area contributed by atoms with Crippen molar-refractivity contribution in [1.82, 2.24) is 9.97 Å². The van der Waals surface area contributed by atoms with Gasteiger partial charge in [-0.25, -0.2) is 9.78 Å². The zero-order valence-corrected chi connectivity index (χ0v) is 16.6. The molecule has 3 rings (SSSR count). The summed E-state index contributed by atoms with van der Waals surface area (Å²) in [5, 5.41) is 18.5. The van der Waals surface area contributed by atoms with Crippen LogP contribution in [0.15, 0.2) is 48.5 Å². The second kappa shape index (κ2) is 11.1. The molecule has 0 aliphatic rings. The number of methoxy groups -OCH3 is 1. The number of imidazole rings is 1. The van der Waals surface area contributed by atoms with Gasteiger partial charge in [0, 0.05) is 24.0 Å². The minimum Gasteiger partial charge on any atom is -0.481 e. The number of aliphatic carboxylic acids is 2. The van der Waals surface area contributed by atoms with Crippen LogP contribution in [0.1, 0.15) is 35.2 Å². The molecule has 0 spiro atoms. The molecule has 10 nitrogen and oxygen atoms in total. The van der Waals surface area contributed by atoms with Crippen LogP contribution in [0, 0.1) is 0 Å². The molecule has 0 aliphatic heterocycles. The molecule has 0 saturated heterocycles. The van der Waals surface area contributed by atoms with Gasteiger partial charge in [0.05, 0.1) is 18.1 Å². The number of ketones is 1. The number of aromatic nitrogens is 2. The number of anilines is 1. The number of amides is 1. The minimum atomic E-state index is -0.948. The molecule has 10 heteroatoms. The first-order valence-electron chi connectivity index (χ1n) is 9.18. The molecule has 2 aromatic carbocycles. The number of benzene rings is 2. The van der Waals surface area contributed by atoms with Crippen molar-refractivity contribution < 1.29 is 34.1 Å². The van der Waals surface area contributed by atoms with Crippen molar-refractivity contribution in [2.45, 2.75) is 19.3 Å². The Morgan fingerprint density at radius 1 is 0.968 bits per heavy atom. The normalized spacial score (nSPS) is 9.97. The number of H-pyrrole nitrogens is 1. The number of carboxylic acids is 2. The number of carbonyl (C=O) groups excluding carboxylic acids is 2. The maximum Gasteiger partial charge on any atom is 0.413 e. The van der Waals surface area contributed by atoms with Crippen LogP contribution in [0.4, 0.5) is 10.7 Å². The van der Waals surface area contributed by atoms with Crippen molar-refractivity contribution >= 4 is 40.8 Å². The van der Waals surface area contributed by atoms with Gasteiger partial charge in [0.15, 0.2) is 5.78 Å². The molecular formula is C21H21N3O7. The van der Waals surface area contributed by atoms with E-state index in [0.29, 0.717) is 22.2 Å². The Hall–Kier alpha value is -4.21. The molecular weight excluding hydrogens is 406 g/mol. The van der Waals surface area contributed by atoms with Gasteiger partial charge in [0.1, 0.15) is 0 Å². The van der Waals surface area contributed by atoms with E-state index in [-0.39, 0.29) is 31.0 Å². The number of nitrogens with zero attached hydrogens (tertiary/aromatic N) is 1. The number of carboxylic acid groups (broad SMARTS) is 2. The van der Waals surface area contributed by atoms with Crippen molar-refractivity contribution in [3.8, 4) is 0 Å². The predicted octanol–water partition coefficient (Wildman–Crippen LogP) is 3.30. The summed E-state index contributed by atoms with van der Waals surface area (Å²) in [6.07, 6.45) is -0.525. The second-order valence-corrected chi connectivity index (χ2v) is 6.27. The van der Waals surface area contributed by atoms with E-state index in [1.807, 2.05) is 18.2 Å². The first-order chi connectivity index (χ1) is 14.8. The number of nitrogens with one attached hydrogen (secondary N) is 2. The standard InChI is InChI=1S/C16H13N3O3.C5H8O4/c1-22-16(21)19-15-17-12-8-7-11(9-13(12)18-15)14(20)10-5-3-2-4-6-10;6-4(7)2-1-3-5(8)9/h2-9H,1H3,(H2,17,18,19,21);1-3H2,(H,6,7)(H,8,9). The van der Waals surface area contributed by atoms with Crippen molar-refractivity contribution in [3.05, 3.63) is 59.7 Å². The van der Waals surface area contributed by atoms with Crippen molar-refractivity contribution in [2.24, 2.45) is 0 Å². The van der Waals surface area contributed by atoms with Gasteiger partial charge < -0.3 is 19.9 Å². The third-order valence-corrected chi connectivity index (χ3v) is 3.97. The summed E-state index contributed by atoms with van der Waals surface area (Å²) in [6, 6.07) is 14.2. The van der Waals surface area contributed by atoms with Crippen LogP contribution in [0.25, 0.3) is 11.0 Å². The monoisotopic (exact) mass is 427 g/mol. The van der Waals surface area contributed by atoms with E-state index >= 15 is 0 Å². The fraction of sp³-hybridized carbons (Fsp3) is 0.190. The van der Waals surface area contributed by atoms with Gasteiger partial charge in [-0.15, -0.1) is 0 Å². The third kappa shape index (κ3) is 7.28. The summed E-state index contributed by atoms with van der Waals surface area (Å²) in [6.45, 7) is 0. The van der Waals surface area contributed by atoms with Gasteiger partial charge in [-0.1, -0.05) is 30.3 Å². The van der Waals surface area contributed by atoms with Crippen molar-refractivity contribution in [2.75, 3.05) is 12.4 Å². The Bertz CT molecular complexity index is 1060. The summed E-state index contributed by atoms with van der Waals surface area (Å²) >= 11 is 0. The molecule has 0 fully saturated rings. The Balaban J connectivity index is 0.000000323. The first kappa shape index (κ1) is 23.1. The van der Waals surface area contributed by atoms with Gasteiger partial charge in [-0.3, -0.25) is 19.7 Å². The maximum atomic E-state index is 12.4. The second-order valence-electron chi connectivity index (χ2n) is 6.27. The Morgan fingerprint density at radius 2 is 1.61 bits per heavy atom. The maximum absolute atomic E-state index is 12.4. The van der Waals surface area contributed by atoms with Crippen molar-refractivity contribution in [1.29, 1.82) is 0 Å². The van der Waals surface area contributed by atoms with Crippen LogP contribution in [0.2, 0.25) is 0 Å². The molecule has 0 unspecified atom stereocenters. The average Bonchev–Trinajstić information content (AvgIpc) is 3.15. The number of carbonyl (C=O) groups is 4. The molecule has 4 N–H and O–H groups in total. The van der Waals surface area contributed by atoms with Gasteiger partial charge in [-0.2, -0.15) is 0 Å². The largest absolute Gasteiger partial charge is 0.481 e. The van der Waals surface area contributed by atoms with E-state index in [1.165, 1.54) is 7.11 Å². The lowest BCUT2D eigenvalue weighted by atomic mass is 10.0. The number of fused-ring (bicyclic) bond motifs is 1. The molecule has 31 heavy (non-hydrogen) atoms. The molecule has 1 amide bonds. The number of hydrogen-bond acceptors (Lipinski definition) is 6.